The Labute approximate surface area is 137 Å². The average Bonchev–Trinajstić information content (AvgIpc) is 2.72. The van der Waals surface area contributed by atoms with Gasteiger partial charge in [0.2, 0.25) is 0 Å². The van der Waals surface area contributed by atoms with Crippen LogP contribution >= 0.6 is 55.0 Å². The van der Waals surface area contributed by atoms with Crippen LogP contribution in [0.2, 0.25) is 0 Å². The molecule has 2 aromatic rings. The van der Waals surface area contributed by atoms with Crippen molar-refractivity contribution in [1.29, 1.82) is 0 Å². The Morgan fingerprint density at radius 3 is 2.74 bits per heavy atom. The lowest BCUT2D eigenvalue weighted by Gasteiger charge is -2.08. The van der Waals surface area contributed by atoms with Crippen molar-refractivity contribution in [2.75, 3.05) is 11.1 Å². The molecule has 0 radical (unpaired) electrons. The topological polar surface area (TPSA) is 29.1 Å². The molecule has 1 aromatic heterocycles. The third-order valence-corrected chi connectivity index (χ3v) is 6.51. The number of hydrogen-bond donors (Lipinski definition) is 1. The predicted molar refractivity (Wildman–Crippen MR) is 90.5 cm³/mol. The molecule has 1 heterocycles. The Balaban J connectivity index is 2.19. The van der Waals surface area contributed by atoms with Crippen LogP contribution < -0.4 is 5.32 Å². The number of rotatable bonds is 4. The number of benzene rings is 1. The first-order valence-electron chi connectivity index (χ1n) is 5.59. The minimum Gasteiger partial charge on any atom is -0.320 e. The van der Waals surface area contributed by atoms with E-state index in [2.05, 4.69) is 44.1 Å². The normalized spacial score (nSPS) is 10.5. The third kappa shape index (κ3) is 3.84. The quantitative estimate of drug-likeness (QED) is 0.648. The van der Waals surface area contributed by atoms with Gasteiger partial charge in [0.25, 0.3) is 5.91 Å². The molecule has 0 unspecified atom stereocenters. The molecule has 6 heteroatoms. The highest BCUT2D eigenvalue weighted by Crippen LogP contribution is 2.33. The van der Waals surface area contributed by atoms with Crippen molar-refractivity contribution in [3.63, 3.8) is 0 Å². The summed E-state index contributed by atoms with van der Waals surface area (Å²) in [6, 6.07) is 9.67. The van der Waals surface area contributed by atoms with Crippen LogP contribution in [0.25, 0.3) is 0 Å². The van der Waals surface area contributed by atoms with E-state index in [1.165, 1.54) is 11.3 Å². The van der Waals surface area contributed by atoms with Crippen LogP contribution in [0.3, 0.4) is 0 Å². The number of para-hydroxylation sites is 1. The Kier molecular flexibility index (Phi) is 5.50. The lowest BCUT2D eigenvalue weighted by atomic mass is 10.3. The van der Waals surface area contributed by atoms with Crippen LogP contribution in [0.4, 0.5) is 5.69 Å². The van der Waals surface area contributed by atoms with Crippen LogP contribution in [-0.4, -0.2) is 11.7 Å². The van der Waals surface area contributed by atoms with Gasteiger partial charge < -0.3 is 5.32 Å². The number of carbonyl (C=O) groups is 1. The van der Waals surface area contributed by atoms with Gasteiger partial charge in [-0.1, -0.05) is 19.1 Å². The minimum absolute atomic E-state index is 0.0828. The monoisotopic (exact) mass is 419 g/mol. The number of amides is 1. The van der Waals surface area contributed by atoms with Gasteiger partial charge in [-0.15, -0.1) is 23.1 Å². The summed E-state index contributed by atoms with van der Waals surface area (Å²) >= 11 is 9.91. The molecule has 2 nitrogen and oxygen atoms in total. The second-order valence-corrected chi connectivity index (χ2v) is 8.15. The number of thiophene rings is 1. The van der Waals surface area contributed by atoms with E-state index in [4.69, 9.17) is 0 Å². The van der Waals surface area contributed by atoms with Gasteiger partial charge in [0.1, 0.15) is 0 Å². The number of thioether (sulfide) groups is 1. The second kappa shape index (κ2) is 6.92. The molecule has 19 heavy (non-hydrogen) atoms. The molecule has 0 bridgehead atoms. The van der Waals surface area contributed by atoms with Gasteiger partial charge in [0.05, 0.1) is 14.4 Å². The SMILES string of the molecule is CCSc1ccccc1NC(=O)c1cc(Br)c(Br)s1. The van der Waals surface area contributed by atoms with Crippen LogP contribution in [-0.2, 0) is 0 Å². The number of nitrogens with one attached hydrogen (secondary N) is 1. The molecular formula is C13H11Br2NOS2. The summed E-state index contributed by atoms with van der Waals surface area (Å²) in [5.74, 6) is 0.892. The van der Waals surface area contributed by atoms with E-state index in [1.54, 1.807) is 11.8 Å². The summed E-state index contributed by atoms with van der Waals surface area (Å²) in [6.07, 6.45) is 0. The first-order valence-corrected chi connectivity index (χ1v) is 8.98. The standard InChI is InChI=1S/C13H11Br2NOS2/c1-2-18-10-6-4-3-5-9(10)16-13(17)11-7-8(14)12(15)19-11/h3-7H,2H2,1H3,(H,16,17). The minimum atomic E-state index is -0.0828. The lowest BCUT2D eigenvalue weighted by molar-refractivity contribution is 0.103. The average molecular weight is 421 g/mol. The number of halogens is 2. The molecule has 100 valence electrons. The zero-order valence-corrected chi connectivity index (χ0v) is 14.9. The molecule has 0 aliphatic heterocycles. The molecule has 0 spiro atoms. The maximum Gasteiger partial charge on any atom is 0.265 e. The van der Waals surface area contributed by atoms with E-state index < -0.39 is 0 Å². The Hall–Kier alpha value is -0.300. The van der Waals surface area contributed by atoms with Crippen LogP contribution in [0.1, 0.15) is 16.6 Å². The van der Waals surface area contributed by atoms with Crippen molar-refractivity contribution < 1.29 is 4.79 Å². The first kappa shape index (κ1) is 15.1. The smallest absolute Gasteiger partial charge is 0.265 e. The molecule has 0 saturated carbocycles. The number of anilines is 1. The Morgan fingerprint density at radius 2 is 2.11 bits per heavy atom. The Bertz CT molecular complexity index is 579. The predicted octanol–water partition coefficient (Wildman–Crippen LogP) is 5.64. The van der Waals surface area contributed by atoms with Gasteiger partial charge in [-0.3, -0.25) is 4.79 Å². The van der Waals surface area contributed by atoms with Gasteiger partial charge in [-0.2, -0.15) is 0 Å². The fourth-order valence-electron chi connectivity index (χ4n) is 1.49. The van der Waals surface area contributed by atoms with Gasteiger partial charge in [-0.25, -0.2) is 0 Å². The van der Waals surface area contributed by atoms with E-state index in [0.717, 1.165) is 24.6 Å². The van der Waals surface area contributed by atoms with Crippen LogP contribution in [0, 0.1) is 0 Å². The molecule has 0 fully saturated rings. The van der Waals surface area contributed by atoms with E-state index in [-0.39, 0.29) is 5.91 Å². The Morgan fingerprint density at radius 1 is 1.37 bits per heavy atom. The zero-order chi connectivity index (χ0) is 13.8. The molecule has 0 aliphatic rings. The van der Waals surface area contributed by atoms with E-state index in [0.29, 0.717) is 4.88 Å². The second-order valence-electron chi connectivity index (χ2n) is 3.62. The fraction of sp³-hybridized carbons (Fsp3) is 0.154. The summed E-state index contributed by atoms with van der Waals surface area (Å²) < 4.78 is 1.83. The molecular weight excluding hydrogens is 410 g/mol. The molecule has 0 aliphatic carbocycles. The molecule has 1 aromatic carbocycles. The van der Waals surface area contributed by atoms with Crippen molar-refractivity contribution in [2.24, 2.45) is 0 Å². The van der Waals surface area contributed by atoms with Crippen molar-refractivity contribution in [1.82, 2.24) is 0 Å². The van der Waals surface area contributed by atoms with Crippen LogP contribution in [0.5, 0.6) is 0 Å². The fourth-order valence-corrected chi connectivity index (χ4v) is 4.18. The highest BCUT2D eigenvalue weighted by atomic mass is 79.9. The number of carbonyl (C=O) groups excluding carboxylic acids is 1. The van der Waals surface area contributed by atoms with Gasteiger partial charge in [0, 0.05) is 9.37 Å². The molecule has 1 N–H and O–H groups in total. The van der Waals surface area contributed by atoms with E-state index in [1.807, 2.05) is 30.3 Å². The summed E-state index contributed by atoms with van der Waals surface area (Å²) in [5, 5.41) is 2.96. The van der Waals surface area contributed by atoms with E-state index >= 15 is 0 Å². The first-order chi connectivity index (χ1) is 9.11. The van der Waals surface area contributed by atoms with Crippen molar-refractivity contribution in [3.8, 4) is 0 Å². The molecule has 1 amide bonds. The van der Waals surface area contributed by atoms with Crippen LogP contribution in [0.15, 0.2) is 43.5 Å². The summed E-state index contributed by atoms with van der Waals surface area (Å²) in [5.41, 5.74) is 0.861. The molecule has 2 rings (SSSR count). The summed E-state index contributed by atoms with van der Waals surface area (Å²) in [6.45, 7) is 2.09. The van der Waals surface area contributed by atoms with Gasteiger partial charge in [-0.05, 0) is 55.8 Å². The third-order valence-electron chi connectivity index (χ3n) is 2.30. The highest BCUT2D eigenvalue weighted by molar-refractivity contribution is 9.13. The molecule has 0 saturated heterocycles. The summed E-state index contributed by atoms with van der Waals surface area (Å²) in [7, 11) is 0. The maximum absolute atomic E-state index is 12.2. The maximum atomic E-state index is 12.2. The van der Waals surface area contributed by atoms with Gasteiger partial charge >= 0.3 is 0 Å². The largest absolute Gasteiger partial charge is 0.320 e. The highest BCUT2D eigenvalue weighted by Gasteiger charge is 2.13. The lowest BCUT2D eigenvalue weighted by Crippen LogP contribution is -2.10. The van der Waals surface area contributed by atoms with Crippen molar-refractivity contribution in [2.45, 2.75) is 11.8 Å². The van der Waals surface area contributed by atoms with Crippen molar-refractivity contribution >= 4 is 66.6 Å². The summed E-state index contributed by atoms with van der Waals surface area (Å²) in [4.78, 5) is 14.0. The van der Waals surface area contributed by atoms with Gasteiger partial charge in [0.15, 0.2) is 0 Å². The molecule has 0 atom stereocenters. The number of hydrogen-bond acceptors (Lipinski definition) is 3. The van der Waals surface area contributed by atoms with Crippen molar-refractivity contribution in [3.05, 3.63) is 43.5 Å². The van der Waals surface area contributed by atoms with E-state index in [9.17, 15) is 4.79 Å². The zero-order valence-electron chi connectivity index (χ0n) is 10.1.